The summed E-state index contributed by atoms with van der Waals surface area (Å²) in [6.07, 6.45) is -0.237. The fourth-order valence-electron chi connectivity index (χ4n) is 1.56. The van der Waals surface area contributed by atoms with Crippen molar-refractivity contribution in [2.75, 3.05) is 5.32 Å². The third kappa shape index (κ3) is 2.66. The van der Waals surface area contributed by atoms with E-state index in [9.17, 15) is 9.59 Å². The van der Waals surface area contributed by atoms with Crippen molar-refractivity contribution in [1.29, 1.82) is 0 Å². The molecule has 1 amide bonds. The summed E-state index contributed by atoms with van der Waals surface area (Å²) in [4.78, 5) is 22.2. The number of nitrogens with two attached hydrogens (primary N) is 1. The van der Waals surface area contributed by atoms with Crippen molar-refractivity contribution < 1.29 is 14.7 Å². The van der Waals surface area contributed by atoms with E-state index in [0.29, 0.717) is 5.69 Å². The van der Waals surface area contributed by atoms with Crippen LogP contribution in [-0.2, 0) is 9.59 Å². The van der Waals surface area contributed by atoms with Gasteiger partial charge in [0.1, 0.15) is 6.04 Å². The number of aliphatic carboxylic acids is 1. The average molecular weight is 264 g/mol. The zero-order chi connectivity index (χ0) is 13.1. The molecule has 1 unspecified atom stereocenters. The van der Waals surface area contributed by atoms with Crippen molar-refractivity contribution in [3.8, 4) is 0 Å². The third-order valence-corrected chi connectivity index (χ3v) is 3.44. The maximum atomic E-state index is 11.6. The Labute approximate surface area is 107 Å². The number of thiophene rings is 1. The van der Waals surface area contributed by atoms with Crippen LogP contribution in [0.5, 0.6) is 0 Å². The molecule has 0 fully saturated rings. The van der Waals surface area contributed by atoms with Gasteiger partial charge in [0.2, 0.25) is 5.91 Å². The fourth-order valence-corrected chi connectivity index (χ4v) is 2.46. The molecule has 5 nitrogen and oxygen atoms in total. The summed E-state index contributed by atoms with van der Waals surface area (Å²) in [6.45, 7) is 0. The predicted octanol–water partition coefficient (Wildman–Crippen LogP) is 1.64. The maximum absolute atomic E-state index is 11.6. The van der Waals surface area contributed by atoms with Crippen LogP contribution in [0.1, 0.15) is 6.42 Å². The number of carbonyl (C=O) groups is 2. The molecule has 0 aliphatic rings. The zero-order valence-corrected chi connectivity index (χ0v) is 10.2. The van der Waals surface area contributed by atoms with E-state index in [1.54, 1.807) is 0 Å². The molecule has 1 heterocycles. The average Bonchev–Trinajstić information content (AvgIpc) is 2.72. The van der Waals surface area contributed by atoms with Gasteiger partial charge >= 0.3 is 5.97 Å². The van der Waals surface area contributed by atoms with Gasteiger partial charge in [0.15, 0.2) is 0 Å². The van der Waals surface area contributed by atoms with Crippen molar-refractivity contribution >= 4 is 39.0 Å². The number of rotatable bonds is 4. The van der Waals surface area contributed by atoms with Gasteiger partial charge in [0, 0.05) is 15.5 Å². The van der Waals surface area contributed by atoms with Gasteiger partial charge in [-0.3, -0.25) is 9.59 Å². The Balaban J connectivity index is 2.10. The van der Waals surface area contributed by atoms with E-state index in [-0.39, 0.29) is 6.42 Å². The first-order valence-corrected chi connectivity index (χ1v) is 6.20. The molecule has 0 aliphatic carbocycles. The molecule has 0 aliphatic heterocycles. The van der Waals surface area contributed by atoms with Crippen LogP contribution in [0.4, 0.5) is 5.69 Å². The Hall–Kier alpha value is -1.92. The molecule has 0 radical (unpaired) electrons. The summed E-state index contributed by atoms with van der Waals surface area (Å²) in [7, 11) is 0. The minimum Gasteiger partial charge on any atom is -0.480 e. The Kier molecular flexibility index (Phi) is 3.59. The standard InChI is InChI=1S/C12H12N2O3S/c13-8(12(16)17)5-11(15)14-9-6-18-10-4-2-1-3-7(9)10/h1-4,6,8H,5,13H2,(H,14,15)(H,16,17). The molecular weight excluding hydrogens is 252 g/mol. The third-order valence-electron chi connectivity index (χ3n) is 2.48. The predicted molar refractivity (Wildman–Crippen MR) is 70.7 cm³/mol. The molecule has 1 aromatic carbocycles. The first kappa shape index (κ1) is 12.5. The van der Waals surface area contributed by atoms with Gasteiger partial charge < -0.3 is 16.2 Å². The normalized spacial score (nSPS) is 12.3. The second kappa shape index (κ2) is 5.16. The summed E-state index contributed by atoms with van der Waals surface area (Å²) in [5, 5.41) is 14.1. The SMILES string of the molecule is NC(CC(=O)Nc1csc2ccccc12)C(=O)O. The number of hydrogen-bond acceptors (Lipinski definition) is 4. The van der Waals surface area contributed by atoms with Gasteiger partial charge in [0.05, 0.1) is 12.1 Å². The number of amides is 1. The van der Waals surface area contributed by atoms with Crippen LogP contribution in [-0.4, -0.2) is 23.0 Å². The van der Waals surface area contributed by atoms with Crippen LogP contribution in [0.2, 0.25) is 0 Å². The second-order valence-electron chi connectivity index (χ2n) is 3.84. The summed E-state index contributed by atoms with van der Waals surface area (Å²) in [6, 6.07) is 6.49. The fraction of sp³-hybridized carbons (Fsp3) is 0.167. The molecule has 6 heteroatoms. The van der Waals surface area contributed by atoms with E-state index in [1.165, 1.54) is 11.3 Å². The number of nitrogens with one attached hydrogen (secondary N) is 1. The lowest BCUT2D eigenvalue weighted by molar-refractivity contribution is -0.140. The van der Waals surface area contributed by atoms with Gasteiger partial charge in [0.25, 0.3) is 0 Å². The molecule has 0 spiro atoms. The van der Waals surface area contributed by atoms with Crippen molar-refractivity contribution in [1.82, 2.24) is 0 Å². The second-order valence-corrected chi connectivity index (χ2v) is 4.75. The molecule has 1 aromatic heterocycles. The molecule has 94 valence electrons. The summed E-state index contributed by atoms with van der Waals surface area (Å²) < 4.78 is 1.07. The van der Waals surface area contributed by atoms with Crippen molar-refractivity contribution in [2.24, 2.45) is 5.73 Å². The molecule has 0 saturated carbocycles. The first-order valence-electron chi connectivity index (χ1n) is 5.32. The van der Waals surface area contributed by atoms with Crippen molar-refractivity contribution in [3.05, 3.63) is 29.6 Å². The van der Waals surface area contributed by atoms with Crippen LogP contribution in [0.25, 0.3) is 10.1 Å². The minimum absolute atomic E-state index is 0.237. The number of carbonyl (C=O) groups excluding carboxylic acids is 1. The van der Waals surface area contributed by atoms with Crippen LogP contribution < -0.4 is 11.1 Å². The number of carboxylic acids is 1. The van der Waals surface area contributed by atoms with Crippen molar-refractivity contribution in [2.45, 2.75) is 12.5 Å². The molecular formula is C12H12N2O3S. The van der Waals surface area contributed by atoms with Gasteiger partial charge in [-0.05, 0) is 6.07 Å². The number of benzene rings is 1. The summed E-state index contributed by atoms with van der Waals surface area (Å²) >= 11 is 1.52. The Morgan fingerprint density at radius 1 is 1.39 bits per heavy atom. The Bertz CT molecular complexity index is 594. The molecule has 2 rings (SSSR count). The molecule has 0 bridgehead atoms. The highest BCUT2D eigenvalue weighted by molar-refractivity contribution is 7.17. The van der Waals surface area contributed by atoms with E-state index in [2.05, 4.69) is 5.32 Å². The van der Waals surface area contributed by atoms with Crippen LogP contribution >= 0.6 is 11.3 Å². The lowest BCUT2D eigenvalue weighted by atomic mass is 10.2. The monoisotopic (exact) mass is 264 g/mol. The minimum atomic E-state index is -1.18. The van der Waals surface area contributed by atoms with E-state index in [0.717, 1.165) is 10.1 Å². The van der Waals surface area contributed by atoms with E-state index in [4.69, 9.17) is 10.8 Å². The van der Waals surface area contributed by atoms with E-state index in [1.807, 2.05) is 29.6 Å². The zero-order valence-electron chi connectivity index (χ0n) is 9.42. The molecule has 0 saturated heterocycles. The smallest absolute Gasteiger partial charge is 0.321 e. The van der Waals surface area contributed by atoms with E-state index >= 15 is 0 Å². The number of hydrogen-bond donors (Lipinski definition) is 3. The summed E-state index contributed by atoms with van der Waals surface area (Å²) in [5.74, 6) is -1.58. The number of carboxylic acid groups (broad SMARTS) is 1. The molecule has 4 N–H and O–H groups in total. The topological polar surface area (TPSA) is 92.4 Å². The molecule has 1 atom stereocenters. The van der Waals surface area contributed by atoms with Gasteiger partial charge in [-0.2, -0.15) is 0 Å². The van der Waals surface area contributed by atoms with Gasteiger partial charge in [-0.25, -0.2) is 0 Å². The van der Waals surface area contributed by atoms with Gasteiger partial charge in [-0.15, -0.1) is 11.3 Å². The first-order chi connectivity index (χ1) is 8.58. The highest BCUT2D eigenvalue weighted by Gasteiger charge is 2.17. The molecule has 2 aromatic rings. The van der Waals surface area contributed by atoms with Crippen LogP contribution in [0, 0.1) is 0 Å². The Morgan fingerprint density at radius 3 is 2.83 bits per heavy atom. The highest BCUT2D eigenvalue weighted by atomic mass is 32.1. The maximum Gasteiger partial charge on any atom is 0.321 e. The van der Waals surface area contributed by atoms with Crippen molar-refractivity contribution in [3.63, 3.8) is 0 Å². The van der Waals surface area contributed by atoms with E-state index < -0.39 is 17.9 Å². The summed E-state index contributed by atoms with van der Waals surface area (Å²) in [5.41, 5.74) is 5.99. The van der Waals surface area contributed by atoms with Crippen LogP contribution in [0.3, 0.4) is 0 Å². The van der Waals surface area contributed by atoms with Gasteiger partial charge in [-0.1, -0.05) is 18.2 Å². The number of fused-ring (bicyclic) bond motifs is 1. The lowest BCUT2D eigenvalue weighted by Crippen LogP contribution is -2.34. The quantitative estimate of drug-likeness (QED) is 0.782. The number of anilines is 1. The molecule has 18 heavy (non-hydrogen) atoms. The highest BCUT2D eigenvalue weighted by Crippen LogP contribution is 2.29. The van der Waals surface area contributed by atoms with Crippen LogP contribution in [0.15, 0.2) is 29.6 Å². The Morgan fingerprint density at radius 2 is 2.11 bits per heavy atom. The lowest BCUT2D eigenvalue weighted by Gasteiger charge is -2.06. The largest absolute Gasteiger partial charge is 0.480 e.